The number of hydrogen-bond acceptors (Lipinski definition) is 3. The van der Waals surface area contributed by atoms with Crippen LogP contribution >= 0.6 is 24.2 Å². The molecule has 2 unspecified atom stereocenters. The molecule has 0 spiro atoms. The van der Waals surface area contributed by atoms with Crippen LogP contribution in [0.4, 0.5) is 8.78 Å². The van der Waals surface area contributed by atoms with Gasteiger partial charge in [-0.05, 0) is 36.6 Å². The van der Waals surface area contributed by atoms with Crippen molar-refractivity contribution in [3.63, 3.8) is 0 Å². The standard InChI is InChI=1S/C19H20F2N2OS.ClH/c20-14-8-9-16(21)17(11-14)25-18(13-5-2-1-3-6-13)19(24)23-10-4-7-15(22)12-23;/h1-3,5-6,8-9,11,15,18H,4,7,10,12,22H2;1H. The van der Waals surface area contributed by atoms with Crippen LogP contribution in [0.3, 0.4) is 0 Å². The summed E-state index contributed by atoms with van der Waals surface area (Å²) in [6.45, 7) is 1.14. The molecule has 0 bridgehead atoms. The molecule has 1 aliphatic rings. The van der Waals surface area contributed by atoms with E-state index in [9.17, 15) is 13.6 Å². The fourth-order valence-corrected chi connectivity index (χ4v) is 4.12. The second kappa shape index (κ2) is 9.35. The molecular weight excluding hydrogens is 378 g/mol. The lowest BCUT2D eigenvalue weighted by Crippen LogP contribution is -2.47. The van der Waals surface area contributed by atoms with Gasteiger partial charge in [-0.1, -0.05) is 30.3 Å². The highest BCUT2D eigenvalue weighted by molar-refractivity contribution is 8.00. The van der Waals surface area contributed by atoms with Crippen LogP contribution in [0.15, 0.2) is 53.4 Å². The van der Waals surface area contributed by atoms with Crippen LogP contribution < -0.4 is 5.73 Å². The summed E-state index contributed by atoms with van der Waals surface area (Å²) in [6.07, 6.45) is 1.75. The van der Waals surface area contributed by atoms with Crippen molar-refractivity contribution >= 4 is 30.1 Å². The summed E-state index contributed by atoms with van der Waals surface area (Å²) in [6, 6.07) is 12.4. The summed E-state index contributed by atoms with van der Waals surface area (Å²) < 4.78 is 27.6. The lowest BCUT2D eigenvalue weighted by Gasteiger charge is -2.33. The van der Waals surface area contributed by atoms with Gasteiger partial charge in [0.15, 0.2) is 0 Å². The Morgan fingerprint density at radius 3 is 2.62 bits per heavy atom. The Balaban J connectivity index is 0.00000243. The number of nitrogens with zero attached hydrogens (tertiary/aromatic N) is 1. The summed E-state index contributed by atoms with van der Waals surface area (Å²) in [5.41, 5.74) is 6.75. The van der Waals surface area contributed by atoms with Crippen molar-refractivity contribution in [3.8, 4) is 0 Å². The largest absolute Gasteiger partial charge is 0.340 e. The molecule has 1 aliphatic heterocycles. The first-order valence-corrected chi connectivity index (χ1v) is 9.13. The molecule has 140 valence electrons. The minimum Gasteiger partial charge on any atom is -0.340 e. The van der Waals surface area contributed by atoms with E-state index in [0.717, 1.165) is 48.4 Å². The number of hydrogen-bond donors (Lipinski definition) is 1. The minimum atomic E-state index is -0.636. The van der Waals surface area contributed by atoms with Gasteiger partial charge in [0.2, 0.25) is 5.91 Å². The van der Waals surface area contributed by atoms with Gasteiger partial charge in [-0.25, -0.2) is 8.78 Å². The minimum absolute atomic E-state index is 0. The number of halogens is 3. The van der Waals surface area contributed by atoms with E-state index in [2.05, 4.69) is 0 Å². The molecular formula is C19H21ClF2N2OS. The molecule has 2 aromatic rings. The van der Waals surface area contributed by atoms with Crippen molar-refractivity contribution in [2.24, 2.45) is 5.73 Å². The first kappa shape index (κ1) is 20.7. The van der Waals surface area contributed by atoms with E-state index >= 15 is 0 Å². The zero-order valence-electron chi connectivity index (χ0n) is 14.1. The van der Waals surface area contributed by atoms with Crippen LogP contribution in [0.1, 0.15) is 23.7 Å². The molecule has 0 radical (unpaired) electrons. The van der Waals surface area contributed by atoms with Crippen LogP contribution in [0, 0.1) is 11.6 Å². The van der Waals surface area contributed by atoms with Crippen molar-refractivity contribution in [2.45, 2.75) is 29.0 Å². The molecule has 1 fully saturated rings. The smallest absolute Gasteiger partial charge is 0.240 e. The SMILES string of the molecule is Cl.NC1CCCN(C(=O)C(Sc2cc(F)ccc2F)c2ccccc2)C1. The summed E-state index contributed by atoms with van der Waals surface area (Å²) >= 11 is 1.04. The number of likely N-dealkylation sites (tertiary alicyclic amines) is 1. The highest BCUT2D eigenvalue weighted by Gasteiger charge is 2.30. The van der Waals surface area contributed by atoms with Crippen LogP contribution in [-0.4, -0.2) is 29.9 Å². The Labute approximate surface area is 162 Å². The molecule has 2 aromatic carbocycles. The quantitative estimate of drug-likeness (QED) is 0.786. The molecule has 0 aliphatic carbocycles. The zero-order chi connectivity index (χ0) is 17.8. The van der Waals surface area contributed by atoms with Crippen molar-refractivity contribution in [3.05, 3.63) is 65.7 Å². The number of carbonyl (C=O) groups is 1. The molecule has 2 atom stereocenters. The Kier molecular flexibility index (Phi) is 7.43. The summed E-state index contributed by atoms with van der Waals surface area (Å²) in [4.78, 5) is 14.9. The van der Waals surface area contributed by atoms with Gasteiger partial charge in [-0.2, -0.15) is 0 Å². The Bertz CT molecular complexity index is 748. The Morgan fingerprint density at radius 1 is 1.19 bits per heavy atom. The van der Waals surface area contributed by atoms with Crippen molar-refractivity contribution < 1.29 is 13.6 Å². The predicted molar refractivity (Wildman–Crippen MR) is 102 cm³/mol. The van der Waals surface area contributed by atoms with Crippen LogP contribution in [-0.2, 0) is 4.79 Å². The molecule has 3 rings (SSSR count). The monoisotopic (exact) mass is 398 g/mol. The lowest BCUT2D eigenvalue weighted by atomic mass is 10.0. The average Bonchev–Trinajstić information content (AvgIpc) is 2.62. The van der Waals surface area contributed by atoms with E-state index in [0.29, 0.717) is 13.1 Å². The number of piperidine rings is 1. The third kappa shape index (κ3) is 4.96. The Hall–Kier alpha value is -1.63. The molecule has 26 heavy (non-hydrogen) atoms. The molecule has 1 saturated heterocycles. The van der Waals surface area contributed by atoms with E-state index in [4.69, 9.17) is 5.73 Å². The van der Waals surface area contributed by atoms with Crippen LogP contribution in [0.2, 0.25) is 0 Å². The van der Waals surface area contributed by atoms with Gasteiger partial charge in [-0.15, -0.1) is 24.2 Å². The molecule has 2 N–H and O–H groups in total. The first-order valence-electron chi connectivity index (χ1n) is 8.25. The fourth-order valence-electron chi connectivity index (χ4n) is 2.96. The second-order valence-corrected chi connectivity index (χ2v) is 7.32. The summed E-state index contributed by atoms with van der Waals surface area (Å²) in [7, 11) is 0. The lowest BCUT2D eigenvalue weighted by molar-refractivity contribution is -0.131. The maximum Gasteiger partial charge on any atom is 0.240 e. The van der Waals surface area contributed by atoms with E-state index in [1.165, 1.54) is 0 Å². The Morgan fingerprint density at radius 2 is 1.92 bits per heavy atom. The van der Waals surface area contributed by atoms with Crippen molar-refractivity contribution in [1.29, 1.82) is 0 Å². The van der Waals surface area contributed by atoms with E-state index in [1.54, 1.807) is 4.90 Å². The van der Waals surface area contributed by atoms with E-state index < -0.39 is 16.9 Å². The fraction of sp³-hybridized carbons (Fsp3) is 0.316. The number of benzene rings is 2. The van der Waals surface area contributed by atoms with Gasteiger partial charge in [0.1, 0.15) is 16.9 Å². The summed E-state index contributed by atoms with van der Waals surface area (Å²) in [5.74, 6) is -1.17. The van der Waals surface area contributed by atoms with Crippen LogP contribution in [0.5, 0.6) is 0 Å². The molecule has 0 saturated carbocycles. The number of rotatable bonds is 4. The average molecular weight is 399 g/mol. The van der Waals surface area contributed by atoms with Crippen molar-refractivity contribution in [1.82, 2.24) is 4.90 Å². The third-order valence-electron chi connectivity index (χ3n) is 4.23. The first-order chi connectivity index (χ1) is 12.0. The molecule has 3 nitrogen and oxygen atoms in total. The highest BCUT2D eigenvalue weighted by Crippen LogP contribution is 2.38. The maximum atomic E-state index is 14.1. The van der Waals surface area contributed by atoms with E-state index in [-0.39, 0.29) is 29.3 Å². The van der Waals surface area contributed by atoms with Gasteiger partial charge in [0, 0.05) is 24.0 Å². The molecule has 1 heterocycles. The molecule has 1 amide bonds. The topological polar surface area (TPSA) is 46.3 Å². The maximum absolute atomic E-state index is 14.1. The second-order valence-electron chi connectivity index (χ2n) is 6.17. The van der Waals surface area contributed by atoms with Crippen molar-refractivity contribution in [2.75, 3.05) is 13.1 Å². The van der Waals surface area contributed by atoms with Crippen LogP contribution in [0.25, 0.3) is 0 Å². The predicted octanol–water partition coefficient (Wildman–Crippen LogP) is 4.17. The third-order valence-corrected chi connectivity index (χ3v) is 5.51. The van der Waals surface area contributed by atoms with Gasteiger partial charge >= 0.3 is 0 Å². The van der Waals surface area contributed by atoms with Gasteiger partial charge in [-0.3, -0.25) is 4.79 Å². The van der Waals surface area contributed by atoms with Gasteiger partial charge in [0.25, 0.3) is 0 Å². The highest BCUT2D eigenvalue weighted by atomic mass is 35.5. The molecule has 7 heteroatoms. The molecule has 0 aromatic heterocycles. The number of thioether (sulfide) groups is 1. The zero-order valence-corrected chi connectivity index (χ0v) is 15.7. The number of carbonyl (C=O) groups excluding carboxylic acids is 1. The number of nitrogens with two attached hydrogens (primary N) is 1. The summed E-state index contributed by atoms with van der Waals surface area (Å²) in [5, 5.41) is -0.636. The van der Waals surface area contributed by atoms with Gasteiger partial charge in [0.05, 0.1) is 0 Å². The number of amides is 1. The normalized spacial score (nSPS) is 18.1. The van der Waals surface area contributed by atoms with E-state index in [1.807, 2.05) is 30.3 Å². The van der Waals surface area contributed by atoms with Gasteiger partial charge < -0.3 is 10.6 Å².